The van der Waals surface area contributed by atoms with Gasteiger partial charge in [-0.2, -0.15) is 5.10 Å². The Morgan fingerprint density at radius 1 is 1.24 bits per heavy atom. The number of nitrogens with zero attached hydrogens (tertiary/aromatic N) is 5. The molecule has 1 saturated carbocycles. The first-order chi connectivity index (χ1) is 13.6. The molecule has 0 spiro atoms. The molecule has 0 radical (unpaired) electrons. The van der Waals surface area contributed by atoms with Crippen LogP contribution in [0.5, 0.6) is 0 Å². The normalized spacial score (nSPS) is 17.2. The molecule has 0 bridgehead atoms. The van der Waals surface area contributed by atoms with Crippen LogP contribution in [0.3, 0.4) is 0 Å². The number of rotatable bonds is 7. The van der Waals surface area contributed by atoms with E-state index in [1.165, 1.54) is 43.9 Å². The maximum absolute atomic E-state index is 12.3. The van der Waals surface area contributed by atoms with Gasteiger partial charge in [-0.05, 0) is 46.6 Å². The van der Waals surface area contributed by atoms with E-state index in [0.717, 1.165) is 23.6 Å². The van der Waals surface area contributed by atoms with Gasteiger partial charge in [0.1, 0.15) is 0 Å². The zero-order valence-corrected chi connectivity index (χ0v) is 19.5. The summed E-state index contributed by atoms with van der Waals surface area (Å²) in [5.41, 5.74) is 4.40. The molecule has 0 N–H and O–H groups in total. The Kier molecular flexibility index (Phi) is 6.53. The fraction of sp³-hybridized carbons (Fsp3) is 0.714. The van der Waals surface area contributed by atoms with Crippen molar-refractivity contribution >= 4 is 9.84 Å². The SMILES string of the molecule is Cc1nn(C)c(C)c1[C@H](C)N(C)Cc1cnc(S(C)(=O)=O)n1CC1CCCCC1. The zero-order valence-electron chi connectivity index (χ0n) is 18.6. The Hall–Kier alpha value is -1.67. The molecule has 0 aromatic carbocycles. The summed E-state index contributed by atoms with van der Waals surface area (Å²) in [5, 5.41) is 4.75. The molecular formula is C21H35N5O2S. The molecule has 8 heteroatoms. The Balaban J connectivity index is 1.86. The lowest BCUT2D eigenvalue weighted by Crippen LogP contribution is -2.26. The minimum Gasteiger partial charge on any atom is -0.317 e. The van der Waals surface area contributed by atoms with Gasteiger partial charge in [-0.3, -0.25) is 9.58 Å². The van der Waals surface area contributed by atoms with Crippen molar-refractivity contribution in [1.29, 1.82) is 0 Å². The van der Waals surface area contributed by atoms with Crippen LogP contribution < -0.4 is 0 Å². The lowest BCUT2D eigenvalue weighted by Gasteiger charge is -2.27. The van der Waals surface area contributed by atoms with Crippen LogP contribution in [0.15, 0.2) is 11.4 Å². The first-order valence-corrected chi connectivity index (χ1v) is 12.4. The van der Waals surface area contributed by atoms with E-state index in [1.807, 2.05) is 23.2 Å². The van der Waals surface area contributed by atoms with Crippen LogP contribution in [0.25, 0.3) is 0 Å². The van der Waals surface area contributed by atoms with Crippen LogP contribution >= 0.6 is 0 Å². The first kappa shape index (κ1) is 22.0. The van der Waals surface area contributed by atoms with Crippen molar-refractivity contribution in [3.63, 3.8) is 0 Å². The van der Waals surface area contributed by atoms with Crippen LogP contribution in [0, 0.1) is 19.8 Å². The number of hydrogen-bond acceptors (Lipinski definition) is 5. The minimum absolute atomic E-state index is 0.170. The molecule has 0 aliphatic heterocycles. The van der Waals surface area contributed by atoms with Gasteiger partial charge in [0.05, 0.1) is 17.6 Å². The standard InChI is InChI=1S/C21H35N5O2S/c1-15-20(17(3)25(5)23-15)16(2)24(4)14-19-12-22-21(29(6,27)28)26(19)13-18-10-8-7-9-11-18/h12,16,18H,7-11,13-14H2,1-6H3/t16-/m0/s1. The molecular weight excluding hydrogens is 386 g/mol. The van der Waals surface area contributed by atoms with Crippen molar-refractivity contribution in [2.45, 2.75) is 77.2 Å². The number of hydrogen-bond donors (Lipinski definition) is 0. The smallest absolute Gasteiger partial charge is 0.227 e. The van der Waals surface area contributed by atoms with Crippen molar-refractivity contribution < 1.29 is 8.42 Å². The number of sulfone groups is 1. The fourth-order valence-electron chi connectivity index (χ4n) is 4.64. The molecule has 3 rings (SSSR count). The van der Waals surface area contributed by atoms with Gasteiger partial charge in [0, 0.05) is 43.7 Å². The largest absolute Gasteiger partial charge is 0.317 e. The van der Waals surface area contributed by atoms with E-state index in [9.17, 15) is 8.42 Å². The van der Waals surface area contributed by atoms with Crippen LogP contribution in [0.4, 0.5) is 0 Å². The molecule has 1 aliphatic carbocycles. The quantitative estimate of drug-likeness (QED) is 0.685. The van der Waals surface area contributed by atoms with E-state index in [0.29, 0.717) is 12.5 Å². The van der Waals surface area contributed by atoms with Gasteiger partial charge in [0.15, 0.2) is 0 Å². The second-order valence-electron chi connectivity index (χ2n) is 8.72. The van der Waals surface area contributed by atoms with Gasteiger partial charge in [-0.15, -0.1) is 0 Å². The van der Waals surface area contributed by atoms with E-state index in [2.05, 4.69) is 35.9 Å². The van der Waals surface area contributed by atoms with Gasteiger partial charge in [0.25, 0.3) is 0 Å². The summed E-state index contributed by atoms with van der Waals surface area (Å²) in [7, 11) is 0.685. The highest BCUT2D eigenvalue weighted by molar-refractivity contribution is 7.90. The molecule has 162 valence electrons. The predicted octanol–water partition coefficient (Wildman–Crippen LogP) is 3.41. The maximum atomic E-state index is 12.3. The second-order valence-corrected chi connectivity index (χ2v) is 10.6. The monoisotopic (exact) mass is 421 g/mol. The Labute approximate surface area is 175 Å². The Morgan fingerprint density at radius 3 is 2.45 bits per heavy atom. The molecule has 0 amide bonds. The van der Waals surface area contributed by atoms with Gasteiger partial charge in [0.2, 0.25) is 15.0 Å². The highest BCUT2D eigenvalue weighted by Crippen LogP contribution is 2.29. The maximum Gasteiger partial charge on any atom is 0.227 e. The van der Waals surface area contributed by atoms with E-state index in [1.54, 1.807) is 6.20 Å². The summed E-state index contributed by atoms with van der Waals surface area (Å²) in [6.07, 6.45) is 9.09. The lowest BCUT2D eigenvalue weighted by atomic mass is 9.89. The summed E-state index contributed by atoms with van der Waals surface area (Å²) in [4.78, 5) is 6.56. The van der Waals surface area contributed by atoms with Crippen LogP contribution in [0.1, 0.15) is 67.7 Å². The molecule has 7 nitrogen and oxygen atoms in total. The summed E-state index contributed by atoms with van der Waals surface area (Å²) in [6.45, 7) is 7.70. The lowest BCUT2D eigenvalue weighted by molar-refractivity contribution is 0.238. The van der Waals surface area contributed by atoms with E-state index >= 15 is 0 Å². The molecule has 2 heterocycles. The van der Waals surface area contributed by atoms with Crippen molar-refractivity contribution in [3.05, 3.63) is 28.8 Å². The molecule has 29 heavy (non-hydrogen) atoms. The van der Waals surface area contributed by atoms with Crippen LogP contribution in [-0.4, -0.2) is 46.0 Å². The average Bonchev–Trinajstić information content (AvgIpc) is 3.15. The van der Waals surface area contributed by atoms with Gasteiger partial charge < -0.3 is 4.57 Å². The predicted molar refractivity (Wildman–Crippen MR) is 114 cm³/mol. The van der Waals surface area contributed by atoms with Gasteiger partial charge in [-0.25, -0.2) is 13.4 Å². The van der Waals surface area contributed by atoms with Gasteiger partial charge >= 0.3 is 0 Å². The van der Waals surface area contributed by atoms with E-state index in [-0.39, 0.29) is 11.2 Å². The van der Waals surface area contributed by atoms with Gasteiger partial charge in [-0.1, -0.05) is 19.3 Å². The molecule has 0 unspecified atom stereocenters. The van der Waals surface area contributed by atoms with E-state index in [4.69, 9.17) is 0 Å². The number of imidazole rings is 1. The highest BCUT2D eigenvalue weighted by atomic mass is 32.2. The first-order valence-electron chi connectivity index (χ1n) is 10.5. The molecule has 0 saturated heterocycles. The minimum atomic E-state index is -3.36. The Morgan fingerprint density at radius 2 is 1.90 bits per heavy atom. The van der Waals surface area contributed by atoms with Crippen LogP contribution in [0.2, 0.25) is 0 Å². The highest BCUT2D eigenvalue weighted by Gasteiger charge is 2.25. The van der Waals surface area contributed by atoms with Crippen LogP contribution in [-0.2, 0) is 30.0 Å². The Bertz CT molecular complexity index is 954. The van der Waals surface area contributed by atoms with Crippen molar-refractivity contribution in [2.75, 3.05) is 13.3 Å². The topological polar surface area (TPSA) is 73.0 Å². The van der Waals surface area contributed by atoms with Crippen molar-refractivity contribution in [2.24, 2.45) is 13.0 Å². The second kappa shape index (κ2) is 8.60. The third-order valence-corrected chi connectivity index (χ3v) is 7.44. The summed E-state index contributed by atoms with van der Waals surface area (Å²) in [5.74, 6) is 0.530. The third kappa shape index (κ3) is 4.74. The molecule has 1 aliphatic rings. The molecule has 1 fully saturated rings. The van der Waals surface area contributed by atoms with Crippen molar-refractivity contribution in [1.82, 2.24) is 24.2 Å². The third-order valence-electron chi connectivity index (χ3n) is 6.45. The molecule has 1 atom stereocenters. The van der Waals surface area contributed by atoms with Crippen molar-refractivity contribution in [3.8, 4) is 0 Å². The number of aromatic nitrogens is 4. The molecule has 2 aromatic rings. The van der Waals surface area contributed by atoms with E-state index < -0.39 is 9.84 Å². The summed E-state index contributed by atoms with van der Waals surface area (Å²) >= 11 is 0. The summed E-state index contributed by atoms with van der Waals surface area (Å²) < 4.78 is 28.5. The fourth-order valence-corrected chi connectivity index (χ4v) is 5.48. The molecule has 2 aromatic heterocycles. The summed E-state index contributed by atoms with van der Waals surface area (Å²) in [6, 6.07) is 0.170. The number of aryl methyl sites for hydroxylation is 2. The average molecular weight is 422 g/mol. The zero-order chi connectivity index (χ0) is 21.3.